The minimum absolute atomic E-state index is 0.179. The van der Waals surface area contributed by atoms with Crippen LogP contribution in [0.15, 0.2) is 97.1 Å². The lowest BCUT2D eigenvalue weighted by molar-refractivity contribution is 0.0686. The molecule has 0 fully saturated rings. The minimum Gasteiger partial charge on any atom is -0.478 e. The maximum atomic E-state index is 11.1. The van der Waals surface area contributed by atoms with E-state index in [0.717, 1.165) is 24.3 Å². The van der Waals surface area contributed by atoms with Gasteiger partial charge in [-0.05, 0) is 74.5 Å². The number of aromatic carboxylic acids is 2. The molecule has 0 spiro atoms. The average molecular weight is 501 g/mol. The van der Waals surface area contributed by atoms with Crippen LogP contribution < -0.4 is 9.47 Å². The summed E-state index contributed by atoms with van der Waals surface area (Å²) < 4.78 is 16.9. The molecule has 0 amide bonds. The van der Waals surface area contributed by atoms with E-state index in [9.17, 15) is 9.59 Å². The van der Waals surface area contributed by atoms with Gasteiger partial charge in [0.25, 0.3) is 0 Å². The number of para-hydroxylation sites is 2. The second-order valence-electron chi connectivity index (χ2n) is 7.64. The van der Waals surface area contributed by atoms with Crippen molar-refractivity contribution in [2.75, 3.05) is 13.2 Å². The van der Waals surface area contributed by atoms with Gasteiger partial charge in [0.05, 0.1) is 11.1 Å². The monoisotopic (exact) mass is 500 g/mol. The number of carboxylic acid groups (broad SMARTS) is 2. The fourth-order valence-electron chi connectivity index (χ4n) is 3.35. The number of carbonyl (C=O) groups is 2. The van der Waals surface area contributed by atoms with Crippen molar-refractivity contribution in [3.8, 4) is 34.1 Å². The molecule has 0 bridgehead atoms. The quantitative estimate of drug-likeness (QED) is 0.247. The summed E-state index contributed by atoms with van der Waals surface area (Å²) in [6.07, 6.45) is 0. The SMILES string of the molecule is CCOCC.O=C(O)c1ccc(Oc2ccccc2-c2ccccc2Oc2ccc(C(=O)O)cc2)cc1. The predicted molar refractivity (Wildman–Crippen MR) is 141 cm³/mol. The van der Waals surface area contributed by atoms with Crippen molar-refractivity contribution in [2.45, 2.75) is 13.8 Å². The van der Waals surface area contributed by atoms with Crippen LogP contribution in [0.4, 0.5) is 0 Å². The standard InChI is InChI=1S/C26H18O6.C4H10O/c27-25(28)17-9-13-19(14-10-17)31-23-7-3-1-5-21(23)22-6-2-4-8-24(22)32-20-15-11-18(12-16-20)26(29)30;1-3-5-4-2/h1-16H,(H,27,28)(H,29,30);3-4H2,1-2H3. The first-order valence-corrected chi connectivity index (χ1v) is 11.7. The van der Waals surface area contributed by atoms with E-state index >= 15 is 0 Å². The van der Waals surface area contributed by atoms with Crippen molar-refractivity contribution in [3.63, 3.8) is 0 Å². The van der Waals surface area contributed by atoms with Crippen LogP contribution in [0.25, 0.3) is 11.1 Å². The summed E-state index contributed by atoms with van der Waals surface area (Å²) >= 11 is 0. The lowest BCUT2D eigenvalue weighted by Crippen LogP contribution is -1.96. The Morgan fingerprint density at radius 1 is 0.568 bits per heavy atom. The van der Waals surface area contributed by atoms with E-state index in [0.29, 0.717) is 23.0 Å². The molecule has 0 aliphatic carbocycles. The highest BCUT2D eigenvalue weighted by Crippen LogP contribution is 2.39. The van der Waals surface area contributed by atoms with Crippen LogP contribution in [0.2, 0.25) is 0 Å². The fraction of sp³-hybridized carbons (Fsp3) is 0.133. The summed E-state index contributed by atoms with van der Waals surface area (Å²) in [5.41, 5.74) is 1.93. The summed E-state index contributed by atoms with van der Waals surface area (Å²) in [4.78, 5) is 22.1. The highest BCUT2D eigenvalue weighted by molar-refractivity contribution is 5.88. The Morgan fingerprint density at radius 3 is 1.22 bits per heavy atom. The lowest BCUT2D eigenvalue weighted by atomic mass is 10.0. The zero-order chi connectivity index (χ0) is 26.6. The van der Waals surface area contributed by atoms with E-state index in [1.54, 1.807) is 24.3 Å². The molecular weight excluding hydrogens is 472 g/mol. The van der Waals surface area contributed by atoms with Gasteiger partial charge >= 0.3 is 11.9 Å². The van der Waals surface area contributed by atoms with Gasteiger partial charge in [0.15, 0.2) is 0 Å². The zero-order valence-electron chi connectivity index (χ0n) is 20.6. The van der Waals surface area contributed by atoms with Crippen LogP contribution >= 0.6 is 0 Å². The van der Waals surface area contributed by atoms with Crippen molar-refractivity contribution >= 4 is 11.9 Å². The van der Waals surface area contributed by atoms with Gasteiger partial charge in [-0.3, -0.25) is 0 Å². The number of rotatable bonds is 9. The Kier molecular flexibility index (Phi) is 9.82. The molecule has 37 heavy (non-hydrogen) atoms. The van der Waals surface area contributed by atoms with Crippen LogP contribution in [0.5, 0.6) is 23.0 Å². The van der Waals surface area contributed by atoms with Crippen molar-refractivity contribution in [2.24, 2.45) is 0 Å². The van der Waals surface area contributed by atoms with Gasteiger partial charge < -0.3 is 24.4 Å². The number of hydrogen-bond acceptors (Lipinski definition) is 5. The van der Waals surface area contributed by atoms with E-state index in [-0.39, 0.29) is 11.1 Å². The molecule has 0 heterocycles. The smallest absolute Gasteiger partial charge is 0.335 e. The Hall–Kier alpha value is -4.62. The topological polar surface area (TPSA) is 102 Å². The molecule has 4 rings (SSSR count). The molecule has 0 unspecified atom stereocenters. The van der Waals surface area contributed by atoms with Gasteiger partial charge in [-0.1, -0.05) is 36.4 Å². The van der Waals surface area contributed by atoms with Gasteiger partial charge in [-0.2, -0.15) is 0 Å². The molecule has 7 heteroatoms. The molecule has 0 atom stereocenters. The maximum Gasteiger partial charge on any atom is 0.335 e. The van der Waals surface area contributed by atoms with Crippen LogP contribution in [0.3, 0.4) is 0 Å². The molecule has 190 valence electrons. The highest BCUT2D eigenvalue weighted by atomic mass is 16.5. The van der Waals surface area contributed by atoms with Gasteiger partial charge in [-0.15, -0.1) is 0 Å². The number of carboxylic acids is 2. The number of ether oxygens (including phenoxy) is 3. The van der Waals surface area contributed by atoms with Crippen molar-refractivity contribution in [1.82, 2.24) is 0 Å². The van der Waals surface area contributed by atoms with Crippen LogP contribution in [0.1, 0.15) is 34.6 Å². The lowest BCUT2D eigenvalue weighted by Gasteiger charge is -2.15. The van der Waals surface area contributed by atoms with Crippen molar-refractivity contribution < 1.29 is 34.0 Å². The average Bonchev–Trinajstić information content (AvgIpc) is 2.91. The van der Waals surface area contributed by atoms with Gasteiger partial charge in [0, 0.05) is 24.3 Å². The molecular formula is C30H28O7. The maximum absolute atomic E-state index is 11.1. The molecule has 4 aromatic rings. The third-order valence-electron chi connectivity index (χ3n) is 5.13. The Balaban J connectivity index is 0.000000695. The van der Waals surface area contributed by atoms with Gasteiger partial charge in [0.2, 0.25) is 0 Å². The number of hydrogen-bond donors (Lipinski definition) is 2. The van der Waals surface area contributed by atoms with Crippen LogP contribution in [-0.2, 0) is 4.74 Å². The van der Waals surface area contributed by atoms with E-state index < -0.39 is 11.9 Å². The largest absolute Gasteiger partial charge is 0.478 e. The second-order valence-corrected chi connectivity index (χ2v) is 7.64. The predicted octanol–water partition coefficient (Wildman–Crippen LogP) is 7.38. The van der Waals surface area contributed by atoms with E-state index in [1.165, 1.54) is 24.3 Å². The summed E-state index contributed by atoms with van der Waals surface area (Å²) in [5.74, 6) is 0.162. The third-order valence-corrected chi connectivity index (χ3v) is 5.13. The highest BCUT2D eigenvalue weighted by Gasteiger charge is 2.13. The molecule has 4 aromatic carbocycles. The molecule has 0 aromatic heterocycles. The molecule has 0 aliphatic heterocycles. The molecule has 2 N–H and O–H groups in total. The zero-order valence-corrected chi connectivity index (χ0v) is 20.6. The van der Waals surface area contributed by atoms with Gasteiger partial charge in [-0.25, -0.2) is 9.59 Å². The minimum atomic E-state index is -1.00. The van der Waals surface area contributed by atoms with Crippen LogP contribution in [0, 0.1) is 0 Å². The Bertz CT molecular complexity index is 1210. The van der Waals surface area contributed by atoms with E-state index in [1.807, 2.05) is 62.4 Å². The summed E-state index contributed by atoms with van der Waals surface area (Å²) in [6, 6.07) is 27.2. The normalized spacial score (nSPS) is 10.1. The molecule has 0 radical (unpaired) electrons. The van der Waals surface area contributed by atoms with Crippen LogP contribution in [-0.4, -0.2) is 35.4 Å². The Morgan fingerprint density at radius 2 is 0.919 bits per heavy atom. The Labute approximate surface area is 215 Å². The summed E-state index contributed by atoms with van der Waals surface area (Å²) in [5, 5.41) is 18.1. The second kappa shape index (κ2) is 13.5. The van der Waals surface area contributed by atoms with E-state index in [2.05, 4.69) is 0 Å². The first kappa shape index (κ1) is 27.0. The molecule has 0 aliphatic rings. The molecule has 7 nitrogen and oxygen atoms in total. The van der Waals surface area contributed by atoms with Crippen molar-refractivity contribution in [1.29, 1.82) is 0 Å². The first-order valence-electron chi connectivity index (χ1n) is 11.7. The summed E-state index contributed by atoms with van der Waals surface area (Å²) in [7, 11) is 0. The molecule has 0 saturated heterocycles. The fourth-order valence-corrected chi connectivity index (χ4v) is 3.35. The van der Waals surface area contributed by atoms with E-state index in [4.69, 9.17) is 24.4 Å². The number of benzene rings is 4. The third kappa shape index (κ3) is 7.68. The molecule has 0 saturated carbocycles. The van der Waals surface area contributed by atoms with Gasteiger partial charge in [0.1, 0.15) is 23.0 Å². The first-order chi connectivity index (χ1) is 17.9. The summed E-state index contributed by atoms with van der Waals surface area (Å²) in [6.45, 7) is 5.67. The van der Waals surface area contributed by atoms with Crippen molar-refractivity contribution in [3.05, 3.63) is 108 Å².